The van der Waals surface area contributed by atoms with Crippen LogP contribution in [-0.2, 0) is 0 Å². The van der Waals surface area contributed by atoms with Crippen LogP contribution in [0.2, 0.25) is 0 Å². The summed E-state index contributed by atoms with van der Waals surface area (Å²) in [5.74, 6) is 1.03. The van der Waals surface area contributed by atoms with Gasteiger partial charge in [-0.25, -0.2) is 4.98 Å². The molecule has 4 aromatic rings. The zero-order valence-corrected chi connectivity index (χ0v) is 12.3. The lowest BCUT2D eigenvalue weighted by molar-refractivity contribution is 0.420. The molecule has 5 heteroatoms. The van der Waals surface area contributed by atoms with Crippen molar-refractivity contribution >= 4 is 21.9 Å². The maximum atomic E-state index is 12.2. The number of methoxy groups -OCH3 is 1. The summed E-state index contributed by atoms with van der Waals surface area (Å²) in [5.41, 5.74) is 0.988. The van der Waals surface area contributed by atoms with E-state index in [0.29, 0.717) is 5.58 Å². The molecule has 4 rings (SSSR count). The molecule has 0 spiro atoms. The van der Waals surface area contributed by atoms with E-state index >= 15 is 0 Å². The minimum Gasteiger partial charge on any atom is -0.496 e. The molecule has 0 aliphatic rings. The highest BCUT2D eigenvalue weighted by Crippen LogP contribution is 2.33. The highest BCUT2D eigenvalue weighted by molar-refractivity contribution is 5.98. The molecule has 2 heterocycles. The maximum Gasteiger partial charge on any atom is 0.302 e. The first-order valence-corrected chi connectivity index (χ1v) is 7.10. The van der Waals surface area contributed by atoms with Crippen molar-refractivity contribution in [3.8, 4) is 17.2 Å². The molecule has 5 nitrogen and oxygen atoms in total. The highest BCUT2D eigenvalue weighted by Gasteiger charge is 2.13. The largest absolute Gasteiger partial charge is 0.496 e. The molecule has 0 amide bonds. The smallest absolute Gasteiger partial charge is 0.302 e. The van der Waals surface area contributed by atoms with Crippen LogP contribution in [0.5, 0.6) is 5.75 Å². The monoisotopic (exact) mass is 304 g/mol. The van der Waals surface area contributed by atoms with E-state index < -0.39 is 5.56 Å². The molecule has 0 saturated carbocycles. The van der Waals surface area contributed by atoms with Crippen LogP contribution in [0, 0.1) is 0 Å². The Balaban J connectivity index is 2.05. The van der Waals surface area contributed by atoms with E-state index in [1.54, 1.807) is 25.4 Å². The van der Waals surface area contributed by atoms with E-state index in [-0.39, 0.29) is 11.4 Å². The molecule has 0 radical (unpaired) electrons. The standard InChI is InChI=1S/C18H12N2O3/c1-22-14-9-8-13(11-5-2-3-6-12(11)14)18-20-17(21)16-15(23-18)7-4-10-19-16/h2-10H,1H3. The van der Waals surface area contributed by atoms with Crippen LogP contribution >= 0.6 is 0 Å². The molecule has 0 aliphatic heterocycles. The predicted octanol–water partition coefficient (Wildman–Crippen LogP) is 3.41. The van der Waals surface area contributed by atoms with Gasteiger partial charge >= 0.3 is 5.56 Å². The average molecular weight is 304 g/mol. The topological polar surface area (TPSA) is 65.2 Å². The molecular formula is C18H12N2O3. The Labute approximate surface area is 131 Å². The van der Waals surface area contributed by atoms with Crippen molar-refractivity contribution in [2.45, 2.75) is 0 Å². The Morgan fingerprint density at radius 3 is 2.65 bits per heavy atom. The van der Waals surface area contributed by atoms with Crippen LogP contribution in [0.3, 0.4) is 0 Å². The van der Waals surface area contributed by atoms with Crippen molar-refractivity contribution in [1.82, 2.24) is 9.97 Å². The molecule has 0 unspecified atom stereocenters. The van der Waals surface area contributed by atoms with Crippen LogP contribution in [0.25, 0.3) is 33.3 Å². The van der Waals surface area contributed by atoms with E-state index in [1.807, 2.05) is 36.4 Å². The lowest BCUT2D eigenvalue weighted by Crippen LogP contribution is -2.08. The minimum absolute atomic E-state index is 0.231. The van der Waals surface area contributed by atoms with Gasteiger partial charge in [-0.2, -0.15) is 4.98 Å². The van der Waals surface area contributed by atoms with Gasteiger partial charge in [0.05, 0.1) is 7.11 Å². The van der Waals surface area contributed by atoms with Crippen LogP contribution in [0.1, 0.15) is 0 Å². The molecule has 2 aromatic heterocycles. The van der Waals surface area contributed by atoms with E-state index in [2.05, 4.69) is 9.97 Å². The molecule has 23 heavy (non-hydrogen) atoms. The average Bonchev–Trinajstić information content (AvgIpc) is 2.60. The fourth-order valence-corrected chi connectivity index (χ4v) is 2.66. The summed E-state index contributed by atoms with van der Waals surface area (Å²) in [4.78, 5) is 20.2. The second-order valence-corrected chi connectivity index (χ2v) is 5.04. The number of aromatic nitrogens is 2. The lowest BCUT2D eigenvalue weighted by Gasteiger charge is -2.09. The highest BCUT2D eigenvalue weighted by atomic mass is 16.5. The second-order valence-electron chi connectivity index (χ2n) is 5.04. The fraction of sp³-hybridized carbons (Fsp3) is 0.0556. The zero-order chi connectivity index (χ0) is 15.8. The second kappa shape index (κ2) is 5.21. The number of rotatable bonds is 2. The number of nitrogens with zero attached hydrogens (tertiary/aromatic N) is 2. The molecule has 0 saturated heterocycles. The van der Waals surface area contributed by atoms with E-state index in [0.717, 1.165) is 22.1 Å². The Bertz CT molecular complexity index is 1090. The van der Waals surface area contributed by atoms with Crippen LogP contribution in [-0.4, -0.2) is 17.1 Å². The quantitative estimate of drug-likeness (QED) is 0.568. The van der Waals surface area contributed by atoms with E-state index in [1.165, 1.54) is 0 Å². The van der Waals surface area contributed by atoms with Gasteiger partial charge in [0, 0.05) is 17.1 Å². The van der Waals surface area contributed by atoms with Crippen molar-refractivity contribution in [3.05, 3.63) is 65.1 Å². The van der Waals surface area contributed by atoms with Crippen LogP contribution in [0.15, 0.2) is 63.9 Å². The summed E-state index contributed by atoms with van der Waals surface area (Å²) in [6.45, 7) is 0. The Hall–Kier alpha value is -3.21. The molecule has 112 valence electrons. The van der Waals surface area contributed by atoms with Gasteiger partial charge in [-0.05, 0) is 29.7 Å². The zero-order valence-electron chi connectivity index (χ0n) is 12.3. The summed E-state index contributed by atoms with van der Waals surface area (Å²) in [5, 5.41) is 1.84. The first-order valence-electron chi connectivity index (χ1n) is 7.10. The first kappa shape index (κ1) is 13.5. The minimum atomic E-state index is -0.401. The number of hydrogen-bond acceptors (Lipinski definition) is 5. The third-order valence-electron chi connectivity index (χ3n) is 3.72. The van der Waals surface area contributed by atoms with Gasteiger partial charge in [0.1, 0.15) is 5.75 Å². The van der Waals surface area contributed by atoms with Gasteiger partial charge in [-0.1, -0.05) is 24.3 Å². The first-order chi connectivity index (χ1) is 11.3. The summed E-state index contributed by atoms with van der Waals surface area (Å²) >= 11 is 0. The SMILES string of the molecule is COc1ccc(-c2nc(=O)c3ncccc3o2)c2ccccc12. The molecule has 0 atom stereocenters. The summed E-state index contributed by atoms with van der Waals surface area (Å²) in [6.07, 6.45) is 1.55. The summed E-state index contributed by atoms with van der Waals surface area (Å²) in [6, 6.07) is 14.9. The van der Waals surface area contributed by atoms with Gasteiger partial charge < -0.3 is 9.15 Å². The van der Waals surface area contributed by atoms with Crippen molar-refractivity contribution in [1.29, 1.82) is 0 Å². The van der Waals surface area contributed by atoms with Gasteiger partial charge in [0.25, 0.3) is 0 Å². The van der Waals surface area contributed by atoms with Crippen molar-refractivity contribution in [2.75, 3.05) is 7.11 Å². The predicted molar refractivity (Wildman–Crippen MR) is 87.6 cm³/mol. The van der Waals surface area contributed by atoms with Crippen molar-refractivity contribution in [3.63, 3.8) is 0 Å². The van der Waals surface area contributed by atoms with Crippen LogP contribution in [0.4, 0.5) is 0 Å². The Kier molecular flexibility index (Phi) is 3.05. The van der Waals surface area contributed by atoms with Crippen molar-refractivity contribution < 1.29 is 9.15 Å². The van der Waals surface area contributed by atoms with Gasteiger partial charge in [0.2, 0.25) is 5.89 Å². The summed E-state index contributed by atoms with van der Waals surface area (Å²) < 4.78 is 11.2. The number of fused-ring (bicyclic) bond motifs is 2. The summed E-state index contributed by atoms with van der Waals surface area (Å²) in [7, 11) is 1.63. The van der Waals surface area contributed by atoms with Gasteiger partial charge in [-0.15, -0.1) is 0 Å². The maximum absolute atomic E-state index is 12.2. The normalized spacial score (nSPS) is 11.0. The third kappa shape index (κ3) is 2.14. The lowest BCUT2D eigenvalue weighted by atomic mass is 10.0. The van der Waals surface area contributed by atoms with E-state index in [4.69, 9.17) is 9.15 Å². The Morgan fingerprint density at radius 2 is 1.83 bits per heavy atom. The van der Waals surface area contributed by atoms with E-state index in [9.17, 15) is 4.79 Å². The molecule has 0 bridgehead atoms. The van der Waals surface area contributed by atoms with Crippen molar-refractivity contribution in [2.24, 2.45) is 0 Å². The number of ether oxygens (including phenoxy) is 1. The Morgan fingerprint density at radius 1 is 1.00 bits per heavy atom. The van der Waals surface area contributed by atoms with Gasteiger partial charge in [0.15, 0.2) is 11.1 Å². The number of hydrogen-bond donors (Lipinski definition) is 0. The fourth-order valence-electron chi connectivity index (χ4n) is 2.66. The molecule has 0 fully saturated rings. The molecule has 0 aliphatic carbocycles. The van der Waals surface area contributed by atoms with Crippen LogP contribution < -0.4 is 10.3 Å². The third-order valence-corrected chi connectivity index (χ3v) is 3.72. The molecule has 0 N–H and O–H groups in total. The molecule has 2 aromatic carbocycles. The molecular weight excluding hydrogens is 292 g/mol. The number of pyridine rings is 1. The number of benzene rings is 2. The van der Waals surface area contributed by atoms with Gasteiger partial charge in [-0.3, -0.25) is 4.79 Å².